The quantitative estimate of drug-likeness (QED) is 0.725. The average molecular weight is 286 g/mol. The van der Waals surface area contributed by atoms with Gasteiger partial charge in [0.1, 0.15) is 4.88 Å². The summed E-state index contributed by atoms with van der Waals surface area (Å²) in [6.45, 7) is 5.56. The Kier molecular flexibility index (Phi) is 3.26. The molecule has 4 heteroatoms. The van der Waals surface area contributed by atoms with Crippen molar-refractivity contribution in [2.75, 3.05) is 13.1 Å². The van der Waals surface area contributed by atoms with Crippen molar-refractivity contribution in [2.45, 2.75) is 12.8 Å². The van der Waals surface area contributed by atoms with Gasteiger partial charge in [-0.15, -0.1) is 11.3 Å². The summed E-state index contributed by atoms with van der Waals surface area (Å²) >= 11 is 4.88. The largest absolute Gasteiger partial charge is 0.337 e. The Morgan fingerprint density at radius 2 is 2.13 bits per heavy atom. The number of hydrogen-bond acceptors (Lipinski definition) is 2. The molecule has 2 rings (SSSR count). The minimum Gasteiger partial charge on any atom is -0.337 e. The Balaban J connectivity index is 2.09. The van der Waals surface area contributed by atoms with Gasteiger partial charge in [-0.05, 0) is 40.2 Å². The van der Waals surface area contributed by atoms with Gasteiger partial charge >= 0.3 is 0 Å². The van der Waals surface area contributed by atoms with Gasteiger partial charge in [0.15, 0.2) is 0 Å². The molecular weight excluding hydrogens is 274 g/mol. The van der Waals surface area contributed by atoms with Crippen LogP contribution in [-0.2, 0) is 0 Å². The van der Waals surface area contributed by atoms with Crippen molar-refractivity contribution >= 4 is 33.2 Å². The summed E-state index contributed by atoms with van der Waals surface area (Å²) in [5.41, 5.74) is 1.25. The van der Waals surface area contributed by atoms with Gasteiger partial charge in [-0.2, -0.15) is 0 Å². The van der Waals surface area contributed by atoms with Crippen molar-refractivity contribution in [2.24, 2.45) is 0 Å². The number of likely N-dealkylation sites (tertiary alicyclic amines) is 1. The third-order valence-electron chi connectivity index (χ3n) is 2.57. The molecule has 1 fully saturated rings. The molecular formula is C11H12BrNOS. The molecule has 1 aromatic rings. The van der Waals surface area contributed by atoms with E-state index in [-0.39, 0.29) is 5.91 Å². The third kappa shape index (κ3) is 2.32. The number of carbonyl (C=O) groups is 1. The highest BCUT2D eigenvalue weighted by Crippen LogP contribution is 2.25. The zero-order valence-electron chi connectivity index (χ0n) is 8.33. The highest BCUT2D eigenvalue weighted by Gasteiger charge is 2.21. The van der Waals surface area contributed by atoms with Gasteiger partial charge in [0.25, 0.3) is 5.91 Å². The smallest absolute Gasteiger partial charge is 0.265 e. The van der Waals surface area contributed by atoms with Crippen LogP contribution in [0.4, 0.5) is 0 Å². The van der Waals surface area contributed by atoms with Crippen LogP contribution in [0.3, 0.4) is 0 Å². The first-order valence-corrected chi connectivity index (χ1v) is 6.54. The molecule has 1 amide bonds. The van der Waals surface area contributed by atoms with E-state index in [1.807, 2.05) is 16.3 Å². The number of piperidine rings is 1. The third-order valence-corrected chi connectivity index (χ3v) is 4.39. The van der Waals surface area contributed by atoms with Crippen LogP contribution in [0, 0.1) is 0 Å². The van der Waals surface area contributed by atoms with Crippen LogP contribution in [-0.4, -0.2) is 23.9 Å². The highest BCUT2D eigenvalue weighted by molar-refractivity contribution is 9.10. The van der Waals surface area contributed by atoms with Gasteiger partial charge in [0.2, 0.25) is 0 Å². The molecule has 0 bridgehead atoms. The SMILES string of the molecule is C=C1CCN(C(=O)c2sccc2Br)CC1. The van der Waals surface area contributed by atoms with Gasteiger partial charge in [-0.3, -0.25) is 4.79 Å². The Bertz CT molecular complexity index is 389. The number of rotatable bonds is 1. The van der Waals surface area contributed by atoms with Crippen molar-refractivity contribution in [1.82, 2.24) is 4.90 Å². The molecule has 80 valence electrons. The van der Waals surface area contributed by atoms with E-state index in [1.54, 1.807) is 0 Å². The van der Waals surface area contributed by atoms with Crippen LogP contribution in [0.25, 0.3) is 0 Å². The number of hydrogen-bond donors (Lipinski definition) is 0. The molecule has 0 aromatic carbocycles. The lowest BCUT2D eigenvalue weighted by atomic mass is 10.1. The zero-order valence-corrected chi connectivity index (χ0v) is 10.7. The fourth-order valence-corrected chi connectivity index (χ4v) is 3.12. The fourth-order valence-electron chi connectivity index (χ4n) is 1.62. The molecule has 2 nitrogen and oxygen atoms in total. The predicted octanol–water partition coefficient (Wildman–Crippen LogP) is 3.30. The molecule has 0 aliphatic carbocycles. The van der Waals surface area contributed by atoms with Crippen molar-refractivity contribution in [1.29, 1.82) is 0 Å². The molecule has 0 unspecified atom stereocenters. The fraction of sp³-hybridized carbons (Fsp3) is 0.364. The lowest BCUT2D eigenvalue weighted by molar-refractivity contribution is 0.0748. The molecule has 2 heterocycles. The van der Waals surface area contributed by atoms with Crippen LogP contribution >= 0.6 is 27.3 Å². The first-order valence-electron chi connectivity index (χ1n) is 4.87. The minimum absolute atomic E-state index is 0.143. The molecule has 0 atom stereocenters. The number of thiophene rings is 1. The number of carbonyl (C=O) groups excluding carboxylic acids is 1. The Labute approximate surface area is 102 Å². The second-order valence-electron chi connectivity index (χ2n) is 3.64. The molecule has 1 aliphatic heterocycles. The molecule has 0 N–H and O–H groups in total. The summed E-state index contributed by atoms with van der Waals surface area (Å²) < 4.78 is 0.905. The summed E-state index contributed by atoms with van der Waals surface area (Å²) in [5.74, 6) is 0.143. The summed E-state index contributed by atoms with van der Waals surface area (Å²) in [5, 5.41) is 1.93. The van der Waals surface area contributed by atoms with Crippen LogP contribution < -0.4 is 0 Å². The lowest BCUT2D eigenvalue weighted by Gasteiger charge is -2.27. The first-order chi connectivity index (χ1) is 7.18. The van der Waals surface area contributed by atoms with Crippen LogP contribution in [0.2, 0.25) is 0 Å². The van der Waals surface area contributed by atoms with E-state index in [0.29, 0.717) is 0 Å². The second-order valence-corrected chi connectivity index (χ2v) is 5.41. The van der Waals surface area contributed by atoms with E-state index in [9.17, 15) is 4.79 Å². The van der Waals surface area contributed by atoms with Gasteiger partial charge in [-0.25, -0.2) is 0 Å². The van der Waals surface area contributed by atoms with Gasteiger partial charge in [0, 0.05) is 17.6 Å². The Morgan fingerprint density at radius 3 is 2.67 bits per heavy atom. The summed E-state index contributed by atoms with van der Waals surface area (Å²) in [7, 11) is 0. The monoisotopic (exact) mass is 285 g/mol. The summed E-state index contributed by atoms with van der Waals surface area (Å²) in [6, 6.07) is 1.92. The van der Waals surface area contributed by atoms with Crippen molar-refractivity contribution in [3.63, 3.8) is 0 Å². The van der Waals surface area contributed by atoms with Crippen molar-refractivity contribution in [3.05, 3.63) is 32.9 Å². The molecule has 0 saturated carbocycles. The number of halogens is 1. The first kappa shape index (κ1) is 10.9. The maximum atomic E-state index is 12.1. The van der Waals surface area contributed by atoms with Crippen LogP contribution in [0.5, 0.6) is 0 Å². The Hall–Kier alpha value is -0.610. The maximum absolute atomic E-state index is 12.1. The minimum atomic E-state index is 0.143. The molecule has 1 saturated heterocycles. The standard InChI is InChI=1S/C11H12BrNOS/c1-8-2-5-13(6-3-8)11(14)10-9(12)4-7-15-10/h4,7H,1-3,5-6H2. The maximum Gasteiger partial charge on any atom is 0.265 e. The van der Waals surface area contributed by atoms with Crippen LogP contribution in [0.1, 0.15) is 22.5 Å². The lowest BCUT2D eigenvalue weighted by Crippen LogP contribution is -2.35. The molecule has 0 spiro atoms. The molecule has 0 radical (unpaired) electrons. The zero-order chi connectivity index (χ0) is 10.8. The van der Waals surface area contributed by atoms with E-state index in [0.717, 1.165) is 35.3 Å². The van der Waals surface area contributed by atoms with Gasteiger partial charge < -0.3 is 4.90 Å². The van der Waals surface area contributed by atoms with Crippen molar-refractivity contribution in [3.8, 4) is 0 Å². The van der Waals surface area contributed by atoms with Crippen molar-refractivity contribution < 1.29 is 4.79 Å². The van der Waals surface area contributed by atoms with E-state index in [2.05, 4.69) is 22.5 Å². The summed E-state index contributed by atoms with van der Waals surface area (Å²) in [4.78, 5) is 14.8. The van der Waals surface area contributed by atoms with Gasteiger partial charge in [0.05, 0.1) is 0 Å². The average Bonchev–Trinajstić information content (AvgIpc) is 2.65. The van der Waals surface area contributed by atoms with Crippen LogP contribution in [0.15, 0.2) is 28.1 Å². The number of amides is 1. The second kappa shape index (κ2) is 4.49. The normalized spacial score (nSPS) is 16.9. The summed E-state index contributed by atoms with van der Waals surface area (Å²) in [6.07, 6.45) is 1.88. The van der Waals surface area contributed by atoms with E-state index in [4.69, 9.17) is 0 Å². The highest BCUT2D eigenvalue weighted by atomic mass is 79.9. The van der Waals surface area contributed by atoms with E-state index in [1.165, 1.54) is 16.9 Å². The van der Waals surface area contributed by atoms with E-state index >= 15 is 0 Å². The Morgan fingerprint density at radius 1 is 1.47 bits per heavy atom. The van der Waals surface area contributed by atoms with Gasteiger partial charge in [-0.1, -0.05) is 12.2 Å². The molecule has 1 aliphatic rings. The predicted molar refractivity (Wildman–Crippen MR) is 66.3 cm³/mol. The number of nitrogens with zero attached hydrogens (tertiary/aromatic N) is 1. The molecule has 15 heavy (non-hydrogen) atoms. The molecule has 1 aromatic heterocycles. The van der Waals surface area contributed by atoms with E-state index < -0.39 is 0 Å². The topological polar surface area (TPSA) is 20.3 Å².